The van der Waals surface area contributed by atoms with Gasteiger partial charge < -0.3 is 9.30 Å². The first-order chi connectivity index (χ1) is 28.4. The van der Waals surface area contributed by atoms with Gasteiger partial charge in [-0.1, -0.05) is 154 Å². The van der Waals surface area contributed by atoms with Crippen molar-refractivity contribution in [2.75, 3.05) is 0 Å². The summed E-state index contributed by atoms with van der Waals surface area (Å²) in [7, 11) is 0. The molecule has 58 heavy (non-hydrogen) atoms. The van der Waals surface area contributed by atoms with E-state index in [-0.39, 0.29) is 78.5 Å². The van der Waals surface area contributed by atoms with E-state index in [0.717, 1.165) is 55.6 Å². The first-order valence-corrected chi connectivity index (χ1v) is 19.6. The van der Waals surface area contributed by atoms with E-state index in [1.807, 2.05) is 41.2 Å². The largest absolute Gasteiger partial charge is 2.00 e. The Morgan fingerprint density at radius 1 is 0.672 bits per heavy atom. The van der Waals surface area contributed by atoms with Crippen molar-refractivity contribution < 1.29 is 31.3 Å². The topological polar surface area (TPSA) is 46.0 Å². The molecule has 1 aliphatic rings. The zero-order valence-corrected chi connectivity index (χ0v) is 37.7. The molecule has 0 amide bonds. The second kappa shape index (κ2) is 14.6. The number of nitrogens with zero attached hydrogens (tertiary/aromatic N) is 5. The Bertz CT molecular complexity index is 2990. The van der Waals surface area contributed by atoms with Gasteiger partial charge in [-0.05, 0) is 56.2 Å². The fourth-order valence-corrected chi connectivity index (χ4v) is 7.47. The summed E-state index contributed by atoms with van der Waals surface area (Å²) >= 11 is 0. The molecular weight excluding hydrogens is 894 g/mol. The van der Waals surface area contributed by atoms with Gasteiger partial charge in [0.1, 0.15) is 17.4 Å². The van der Waals surface area contributed by atoms with Crippen LogP contribution in [0.1, 0.15) is 111 Å². The van der Waals surface area contributed by atoms with Gasteiger partial charge in [0.15, 0.2) is 0 Å². The number of rotatable bonds is 5. The maximum atomic E-state index is 9.31. The number of hydrogen-bond acceptors (Lipinski definition) is 3. The number of benzene rings is 4. The van der Waals surface area contributed by atoms with Crippen LogP contribution in [0.3, 0.4) is 0 Å². The maximum Gasteiger partial charge on any atom is 2.00 e. The minimum absolute atomic E-state index is 0. The molecule has 0 bridgehead atoms. The molecule has 6 nitrogen and oxygen atoms in total. The van der Waals surface area contributed by atoms with Gasteiger partial charge in [0.05, 0.1) is 5.48 Å². The predicted molar refractivity (Wildman–Crippen MR) is 236 cm³/mol. The number of hydrogen-bond donors (Lipinski definition) is 0. The summed E-state index contributed by atoms with van der Waals surface area (Å²) in [5, 5.41) is 1.94. The van der Waals surface area contributed by atoms with E-state index in [4.69, 9.17) is 17.4 Å². The van der Waals surface area contributed by atoms with Crippen LogP contribution in [-0.4, -0.2) is 20.5 Å². The zero-order chi connectivity index (χ0) is 44.1. The number of aromatic nitrogens is 3. The van der Waals surface area contributed by atoms with Crippen molar-refractivity contribution >= 4 is 50.6 Å². The van der Waals surface area contributed by atoms with E-state index in [1.54, 1.807) is 4.58 Å². The van der Waals surface area contributed by atoms with Gasteiger partial charge in [-0.15, -0.1) is 22.5 Å². The van der Waals surface area contributed by atoms with E-state index in [2.05, 4.69) is 148 Å². The number of ether oxygens (including phenoxy) is 1. The summed E-state index contributed by atoms with van der Waals surface area (Å²) < 4.78 is 48.5. The summed E-state index contributed by atoms with van der Waals surface area (Å²) in [4.78, 5) is 9.58. The second-order valence-corrected chi connectivity index (χ2v) is 19.1. The minimum Gasteiger partial charge on any atom is -0.484 e. The molecule has 7 heteroatoms. The van der Waals surface area contributed by atoms with Crippen LogP contribution < -0.4 is 13.9 Å². The molecule has 7 aromatic rings. The molecule has 1 aliphatic heterocycles. The molecular formula is C51H53N5OPt+2. The minimum atomic E-state index is -0.351. The Morgan fingerprint density at radius 2 is 1.31 bits per heavy atom. The van der Waals surface area contributed by atoms with Gasteiger partial charge in [0, 0.05) is 40.7 Å². The van der Waals surface area contributed by atoms with Crippen molar-refractivity contribution in [1.82, 2.24) is 23.7 Å². The van der Waals surface area contributed by atoms with Crippen molar-refractivity contribution in [2.24, 2.45) is 0 Å². The predicted octanol–water partition coefficient (Wildman–Crippen LogP) is 13.0. The molecule has 4 heterocycles. The summed E-state index contributed by atoms with van der Waals surface area (Å²) in [5.74, 6) is 1.38. The van der Waals surface area contributed by atoms with Gasteiger partial charge >= 0.3 is 27.1 Å². The molecule has 4 aromatic carbocycles. The van der Waals surface area contributed by atoms with Crippen LogP contribution >= 0.6 is 0 Å². The van der Waals surface area contributed by atoms with Crippen molar-refractivity contribution in [2.45, 2.75) is 105 Å². The van der Waals surface area contributed by atoms with Crippen molar-refractivity contribution in [3.05, 3.63) is 138 Å². The Hall–Kier alpha value is -5.15. The van der Waals surface area contributed by atoms with Gasteiger partial charge in [-0.25, -0.2) is 4.98 Å². The molecule has 0 saturated heterocycles. The number of para-hydroxylation sites is 4. The van der Waals surface area contributed by atoms with E-state index in [0.29, 0.717) is 17.1 Å². The first kappa shape index (κ1) is 36.0. The number of pyridine rings is 2. The zero-order valence-electron chi connectivity index (χ0n) is 39.5. The SMILES string of the molecule is [2H]c1c([2H])c([2H])c2c(c1[2H])[N+](c1[c-]c(Oc3[c-]c4c(cn3)c3ccccc3n4-c3cc(C(C)(C)C)ccn3)cc(C(C)(C)C)c1)=C=[N+]2c1c(C(C)(C)C)cccc1C(C)(C)C.[Pt+2]. The van der Waals surface area contributed by atoms with E-state index >= 15 is 0 Å². The molecule has 0 saturated carbocycles. The molecule has 0 fully saturated rings. The normalized spacial score (nSPS) is 14.3. The van der Waals surface area contributed by atoms with Gasteiger partial charge in [-0.3, -0.25) is 4.98 Å². The fraction of sp³-hybridized carbons (Fsp3) is 0.314. The summed E-state index contributed by atoms with van der Waals surface area (Å²) in [6.07, 6.45) is 3.66. The standard InChI is InChI=1S/C51H53N5O.Pt/c1-48(2,3)33-24-25-52-45(28-33)56-41-21-14-13-18-37(41)38-31-53-46(30-44(38)56)57-36-27-34(49(4,5)6)26-35(29-36)54-32-55(43-23-16-15-22-42(43)54)47-39(50(7,8)9)19-17-20-40(47)51(10,11)12;/h13-28,31H,1-12H3;/q;+2/i15D,16D,22D,23D;. The van der Waals surface area contributed by atoms with Crippen LogP contribution in [0.4, 0.5) is 22.7 Å². The van der Waals surface area contributed by atoms with E-state index in [1.165, 1.54) is 0 Å². The summed E-state index contributed by atoms with van der Waals surface area (Å²) in [6, 6.07) is 32.1. The molecule has 0 aliphatic carbocycles. The van der Waals surface area contributed by atoms with Crippen molar-refractivity contribution in [3.8, 4) is 17.4 Å². The quantitative estimate of drug-likeness (QED) is 0.128. The van der Waals surface area contributed by atoms with Crippen LogP contribution in [0.2, 0.25) is 0 Å². The summed E-state index contributed by atoms with van der Waals surface area (Å²) in [5.41, 5.74) is 6.77. The van der Waals surface area contributed by atoms with E-state index in [9.17, 15) is 2.74 Å². The first-order valence-electron chi connectivity index (χ1n) is 21.6. The van der Waals surface area contributed by atoms with Gasteiger partial charge in [0.25, 0.3) is 11.4 Å². The molecule has 8 rings (SSSR count). The van der Waals surface area contributed by atoms with Crippen LogP contribution in [-0.2, 0) is 42.7 Å². The summed E-state index contributed by atoms with van der Waals surface area (Å²) in [6.45, 7) is 25.8. The smallest absolute Gasteiger partial charge is 0.484 e. The molecule has 0 spiro atoms. The van der Waals surface area contributed by atoms with Crippen LogP contribution in [0.15, 0.2) is 103 Å². The average molecular weight is 951 g/mol. The Balaban J connectivity index is 0.00000578. The maximum absolute atomic E-state index is 9.31. The third-order valence-electron chi connectivity index (χ3n) is 10.6. The van der Waals surface area contributed by atoms with Crippen LogP contribution in [0.5, 0.6) is 11.6 Å². The second-order valence-electron chi connectivity index (χ2n) is 19.1. The average Bonchev–Trinajstić information content (AvgIpc) is 3.74. The Kier molecular flexibility index (Phi) is 9.05. The van der Waals surface area contributed by atoms with Gasteiger partial charge in [-0.2, -0.15) is 6.07 Å². The third kappa shape index (κ3) is 7.49. The molecule has 0 N–H and O–H groups in total. The monoisotopic (exact) mass is 950 g/mol. The van der Waals surface area contributed by atoms with E-state index < -0.39 is 0 Å². The molecule has 3 aromatic heterocycles. The van der Waals surface area contributed by atoms with Crippen LogP contribution in [0.25, 0.3) is 27.6 Å². The molecule has 0 unspecified atom stereocenters. The Morgan fingerprint density at radius 3 is 1.95 bits per heavy atom. The van der Waals surface area contributed by atoms with Crippen molar-refractivity contribution in [3.63, 3.8) is 0 Å². The Labute approximate surface area is 363 Å². The van der Waals surface area contributed by atoms with Gasteiger partial charge in [0.2, 0.25) is 5.69 Å². The number of fused-ring (bicyclic) bond motifs is 4. The molecule has 296 valence electrons. The molecule has 0 radical (unpaired) electrons. The fourth-order valence-electron chi connectivity index (χ4n) is 7.47. The third-order valence-corrected chi connectivity index (χ3v) is 10.6. The molecule has 0 atom stereocenters. The van der Waals surface area contributed by atoms with Crippen LogP contribution in [0, 0.1) is 12.1 Å². The van der Waals surface area contributed by atoms with Crippen molar-refractivity contribution in [1.29, 1.82) is 0 Å².